The molecule has 3 nitrogen and oxygen atoms in total. The van der Waals surface area contributed by atoms with Crippen LogP contribution in [0.25, 0.3) is 22.5 Å². The highest BCUT2D eigenvalue weighted by molar-refractivity contribution is 14.1. The second-order valence-corrected chi connectivity index (χ2v) is 5.84. The molecular formula is C15H10ClIN2O. The van der Waals surface area contributed by atoms with Crippen LogP contribution >= 0.6 is 34.2 Å². The van der Waals surface area contributed by atoms with E-state index in [-0.39, 0.29) is 0 Å². The molecule has 0 unspecified atom stereocenters. The van der Waals surface area contributed by atoms with Gasteiger partial charge in [0.15, 0.2) is 11.6 Å². The summed E-state index contributed by atoms with van der Waals surface area (Å²) in [6.45, 7) is 0. The molecule has 0 spiro atoms. The van der Waals surface area contributed by atoms with Gasteiger partial charge in [0, 0.05) is 9.13 Å². The Morgan fingerprint density at radius 3 is 2.50 bits per heavy atom. The van der Waals surface area contributed by atoms with Crippen molar-refractivity contribution in [1.29, 1.82) is 0 Å². The third-order valence-corrected chi connectivity index (χ3v) is 4.53. The molecule has 100 valence electrons. The Kier molecular flexibility index (Phi) is 3.67. The molecule has 2 N–H and O–H groups in total. The molecule has 1 heterocycles. The van der Waals surface area contributed by atoms with Gasteiger partial charge in [0.25, 0.3) is 0 Å². The molecule has 2 aromatic carbocycles. The number of halogens is 2. The first-order valence-corrected chi connectivity index (χ1v) is 7.38. The number of nitrogens with two attached hydrogens (primary N) is 1. The third kappa shape index (κ3) is 2.41. The molecule has 1 aromatic heterocycles. The van der Waals surface area contributed by atoms with E-state index >= 15 is 0 Å². The molecule has 0 saturated heterocycles. The summed E-state index contributed by atoms with van der Waals surface area (Å²) in [5.74, 6) is 1.01. The molecule has 20 heavy (non-hydrogen) atoms. The largest absolute Gasteiger partial charge is 0.380 e. The normalized spacial score (nSPS) is 10.7. The fourth-order valence-corrected chi connectivity index (χ4v) is 2.54. The number of rotatable bonds is 2. The van der Waals surface area contributed by atoms with E-state index in [0.29, 0.717) is 16.6 Å². The summed E-state index contributed by atoms with van der Waals surface area (Å²) in [6.07, 6.45) is 0. The Hall–Kier alpha value is -1.53. The molecule has 0 aliphatic rings. The molecule has 0 bridgehead atoms. The Bertz CT molecular complexity index is 756. The summed E-state index contributed by atoms with van der Waals surface area (Å²) in [5, 5.41) is 4.56. The summed E-state index contributed by atoms with van der Waals surface area (Å²) >= 11 is 8.35. The third-order valence-electron chi connectivity index (χ3n) is 2.96. The van der Waals surface area contributed by atoms with E-state index in [1.54, 1.807) is 0 Å². The summed E-state index contributed by atoms with van der Waals surface area (Å²) in [6, 6.07) is 15.5. The lowest BCUT2D eigenvalue weighted by Crippen LogP contribution is -1.88. The van der Waals surface area contributed by atoms with E-state index in [9.17, 15) is 0 Å². The average Bonchev–Trinajstić information content (AvgIpc) is 2.85. The van der Waals surface area contributed by atoms with Crippen LogP contribution in [0.5, 0.6) is 0 Å². The van der Waals surface area contributed by atoms with Gasteiger partial charge in [-0.25, -0.2) is 0 Å². The van der Waals surface area contributed by atoms with E-state index < -0.39 is 0 Å². The Morgan fingerprint density at radius 1 is 1.05 bits per heavy atom. The van der Waals surface area contributed by atoms with Crippen molar-refractivity contribution in [2.75, 3.05) is 5.73 Å². The van der Waals surface area contributed by atoms with E-state index in [1.165, 1.54) is 0 Å². The zero-order valence-electron chi connectivity index (χ0n) is 10.3. The first kappa shape index (κ1) is 13.5. The van der Waals surface area contributed by atoms with Gasteiger partial charge in [-0.3, -0.25) is 0 Å². The van der Waals surface area contributed by atoms with Gasteiger partial charge in [-0.2, -0.15) is 0 Å². The van der Waals surface area contributed by atoms with Crippen LogP contribution in [0.15, 0.2) is 53.1 Å². The van der Waals surface area contributed by atoms with Crippen LogP contribution in [0.1, 0.15) is 0 Å². The van der Waals surface area contributed by atoms with Gasteiger partial charge < -0.3 is 10.3 Å². The highest BCUT2D eigenvalue weighted by atomic mass is 127. The molecule has 0 atom stereocenters. The SMILES string of the molecule is Nc1noc(-c2ccc(I)c(Cl)c2)c1-c1ccccc1. The number of nitrogens with zero attached hydrogens (tertiary/aromatic N) is 1. The van der Waals surface area contributed by atoms with Crippen molar-refractivity contribution in [3.63, 3.8) is 0 Å². The van der Waals surface area contributed by atoms with Gasteiger partial charge in [-0.15, -0.1) is 0 Å². The molecule has 0 radical (unpaired) electrons. The van der Waals surface area contributed by atoms with Crippen molar-refractivity contribution in [3.05, 3.63) is 57.1 Å². The van der Waals surface area contributed by atoms with Crippen molar-refractivity contribution < 1.29 is 4.52 Å². The maximum absolute atomic E-state index is 6.17. The first-order chi connectivity index (χ1) is 9.66. The average molecular weight is 397 g/mol. The molecule has 3 rings (SSSR count). The van der Waals surface area contributed by atoms with Crippen LogP contribution in [-0.2, 0) is 0 Å². The van der Waals surface area contributed by atoms with Crippen LogP contribution < -0.4 is 5.73 Å². The Labute approximate surface area is 134 Å². The quantitative estimate of drug-likeness (QED) is 0.630. The molecule has 0 aliphatic heterocycles. The number of aromatic nitrogens is 1. The predicted octanol–water partition coefficient (Wildman–Crippen LogP) is 4.85. The van der Waals surface area contributed by atoms with Gasteiger partial charge in [-0.05, 0) is 46.4 Å². The smallest absolute Gasteiger partial charge is 0.176 e. The summed E-state index contributed by atoms with van der Waals surface area (Å²) in [5.41, 5.74) is 8.56. The number of hydrogen-bond acceptors (Lipinski definition) is 3. The molecular weight excluding hydrogens is 387 g/mol. The van der Waals surface area contributed by atoms with Gasteiger partial charge >= 0.3 is 0 Å². The lowest BCUT2D eigenvalue weighted by molar-refractivity contribution is 0.436. The van der Waals surface area contributed by atoms with Crippen LogP contribution in [0.2, 0.25) is 5.02 Å². The lowest BCUT2D eigenvalue weighted by Gasteiger charge is -2.04. The highest BCUT2D eigenvalue weighted by Gasteiger charge is 2.18. The van der Waals surface area contributed by atoms with Crippen molar-refractivity contribution in [2.24, 2.45) is 0 Å². The zero-order chi connectivity index (χ0) is 14.1. The molecule has 0 aliphatic carbocycles. The zero-order valence-corrected chi connectivity index (χ0v) is 13.2. The van der Waals surface area contributed by atoms with Crippen LogP contribution in [0.3, 0.4) is 0 Å². The minimum atomic E-state index is 0.376. The monoisotopic (exact) mass is 396 g/mol. The molecule has 5 heteroatoms. The van der Waals surface area contributed by atoms with E-state index in [1.807, 2.05) is 48.5 Å². The van der Waals surface area contributed by atoms with Gasteiger partial charge in [0.05, 0.1) is 10.6 Å². The predicted molar refractivity (Wildman–Crippen MR) is 89.5 cm³/mol. The standard InChI is InChI=1S/C15H10ClIN2O/c16-11-8-10(6-7-12(11)17)14-13(15(18)19-20-14)9-4-2-1-3-5-9/h1-8H,(H2,18,19). The Balaban J connectivity index is 2.18. The summed E-state index contributed by atoms with van der Waals surface area (Å²) in [7, 11) is 0. The van der Waals surface area contributed by atoms with Crippen molar-refractivity contribution >= 4 is 40.0 Å². The number of nitrogen functional groups attached to an aromatic ring is 1. The number of anilines is 1. The first-order valence-electron chi connectivity index (χ1n) is 5.93. The molecule has 0 fully saturated rings. The van der Waals surface area contributed by atoms with Crippen molar-refractivity contribution in [2.45, 2.75) is 0 Å². The number of benzene rings is 2. The summed E-state index contributed by atoms with van der Waals surface area (Å²) < 4.78 is 6.38. The van der Waals surface area contributed by atoms with Crippen LogP contribution in [0, 0.1) is 3.57 Å². The molecule has 3 aromatic rings. The van der Waals surface area contributed by atoms with E-state index in [0.717, 1.165) is 20.3 Å². The van der Waals surface area contributed by atoms with Gasteiger partial charge in [0.2, 0.25) is 0 Å². The minimum absolute atomic E-state index is 0.376. The fraction of sp³-hybridized carbons (Fsp3) is 0. The maximum Gasteiger partial charge on any atom is 0.176 e. The van der Waals surface area contributed by atoms with Crippen LogP contribution in [-0.4, -0.2) is 5.16 Å². The maximum atomic E-state index is 6.17. The van der Waals surface area contributed by atoms with Gasteiger partial charge in [0.1, 0.15) is 0 Å². The Morgan fingerprint density at radius 2 is 1.80 bits per heavy atom. The van der Waals surface area contributed by atoms with Crippen LogP contribution in [0.4, 0.5) is 5.82 Å². The van der Waals surface area contributed by atoms with Crippen molar-refractivity contribution in [3.8, 4) is 22.5 Å². The molecule has 0 amide bonds. The van der Waals surface area contributed by atoms with E-state index in [2.05, 4.69) is 27.7 Å². The lowest BCUT2D eigenvalue weighted by atomic mass is 10.0. The minimum Gasteiger partial charge on any atom is -0.380 e. The fourth-order valence-electron chi connectivity index (χ4n) is 2.02. The van der Waals surface area contributed by atoms with Gasteiger partial charge in [-0.1, -0.05) is 47.1 Å². The van der Waals surface area contributed by atoms with Crippen molar-refractivity contribution in [1.82, 2.24) is 5.16 Å². The second-order valence-electron chi connectivity index (χ2n) is 4.27. The second kappa shape index (κ2) is 5.46. The summed E-state index contributed by atoms with van der Waals surface area (Å²) in [4.78, 5) is 0. The topological polar surface area (TPSA) is 52.0 Å². The molecule has 0 saturated carbocycles. The number of hydrogen-bond donors (Lipinski definition) is 1. The highest BCUT2D eigenvalue weighted by Crippen LogP contribution is 2.37. The van der Waals surface area contributed by atoms with E-state index in [4.69, 9.17) is 21.9 Å².